The Morgan fingerprint density at radius 3 is 1.62 bits per heavy atom. The van der Waals surface area contributed by atoms with Gasteiger partial charge in [-0.1, -0.05) is 0 Å². The van der Waals surface area contributed by atoms with Gasteiger partial charge in [-0.25, -0.2) is 0 Å². The molecule has 0 atom stereocenters. The molecule has 0 spiro atoms. The van der Waals surface area contributed by atoms with Crippen molar-refractivity contribution in [2.75, 3.05) is 0 Å². The molecule has 0 saturated heterocycles. The average Bonchev–Trinajstić information content (AvgIpc) is 1.82. The normalized spacial score (nSPS) is 7.69. The van der Waals surface area contributed by atoms with Crippen LogP contribution in [0.4, 0.5) is 0 Å². The molecule has 0 aliphatic rings. The molecular formula is C6H14N2O5. The fourth-order valence-electron chi connectivity index (χ4n) is 0.503. The molecule has 0 aliphatic heterocycles. The lowest BCUT2D eigenvalue weighted by Crippen LogP contribution is -2.08. The van der Waals surface area contributed by atoms with Gasteiger partial charge in [-0.3, -0.25) is 14.4 Å². The standard InChI is InChI=1S/C6H8O5.2H3N/c7-4(3-6(10)11)1-2-5(8)9;;/h1-3H2,(H,8,9)(H,10,11);2*1H3. The van der Waals surface area contributed by atoms with E-state index in [1.165, 1.54) is 0 Å². The van der Waals surface area contributed by atoms with Crippen molar-refractivity contribution < 1.29 is 24.6 Å². The summed E-state index contributed by atoms with van der Waals surface area (Å²) in [4.78, 5) is 30.3. The van der Waals surface area contributed by atoms with Crippen molar-refractivity contribution in [3.63, 3.8) is 0 Å². The number of aliphatic carboxylic acids is 2. The second-order valence-corrected chi connectivity index (χ2v) is 2.00. The Hall–Kier alpha value is -1.47. The minimum Gasteiger partial charge on any atom is -0.481 e. The van der Waals surface area contributed by atoms with E-state index in [1.807, 2.05) is 0 Å². The van der Waals surface area contributed by atoms with Crippen LogP contribution in [-0.4, -0.2) is 27.9 Å². The number of hydrogen-bond acceptors (Lipinski definition) is 5. The van der Waals surface area contributed by atoms with Crippen molar-refractivity contribution in [2.45, 2.75) is 19.3 Å². The van der Waals surface area contributed by atoms with Crippen LogP contribution in [-0.2, 0) is 14.4 Å². The fourth-order valence-corrected chi connectivity index (χ4v) is 0.503. The van der Waals surface area contributed by atoms with Gasteiger partial charge in [-0.15, -0.1) is 0 Å². The Balaban J connectivity index is -0.000000500. The molecule has 0 aliphatic carbocycles. The molecule has 0 heterocycles. The molecule has 0 aromatic rings. The van der Waals surface area contributed by atoms with Crippen LogP contribution in [0.2, 0.25) is 0 Å². The molecule has 0 saturated carbocycles. The molecule has 0 aromatic heterocycles. The second-order valence-electron chi connectivity index (χ2n) is 2.00. The maximum Gasteiger partial charge on any atom is 0.310 e. The van der Waals surface area contributed by atoms with Crippen molar-refractivity contribution in [3.05, 3.63) is 0 Å². The maximum atomic E-state index is 10.5. The summed E-state index contributed by atoms with van der Waals surface area (Å²) in [7, 11) is 0. The highest BCUT2D eigenvalue weighted by molar-refractivity contribution is 5.95. The number of carboxylic acid groups (broad SMARTS) is 2. The summed E-state index contributed by atoms with van der Waals surface area (Å²) in [5.74, 6) is -2.87. The molecule has 7 heteroatoms. The minimum absolute atomic E-state index is 0. The van der Waals surface area contributed by atoms with E-state index in [4.69, 9.17) is 10.2 Å². The Kier molecular flexibility index (Phi) is 11.7. The van der Waals surface area contributed by atoms with E-state index in [2.05, 4.69) is 0 Å². The molecule has 0 rings (SSSR count). The summed E-state index contributed by atoms with van der Waals surface area (Å²) in [6, 6.07) is 0. The van der Waals surface area contributed by atoms with E-state index in [0.29, 0.717) is 0 Å². The largest absolute Gasteiger partial charge is 0.481 e. The zero-order chi connectivity index (χ0) is 8.85. The number of Topliss-reactive ketones (excluding diaryl/α,β-unsaturated/α-hetero) is 1. The van der Waals surface area contributed by atoms with Crippen LogP contribution in [0.3, 0.4) is 0 Å². The van der Waals surface area contributed by atoms with Gasteiger partial charge >= 0.3 is 11.9 Å². The van der Waals surface area contributed by atoms with E-state index in [1.54, 1.807) is 0 Å². The summed E-state index contributed by atoms with van der Waals surface area (Å²) in [5, 5.41) is 16.2. The van der Waals surface area contributed by atoms with Crippen molar-refractivity contribution in [1.82, 2.24) is 12.3 Å². The number of hydrogen-bond donors (Lipinski definition) is 4. The first-order valence-electron chi connectivity index (χ1n) is 2.97. The number of carbonyl (C=O) groups is 3. The number of ketones is 1. The highest BCUT2D eigenvalue weighted by Gasteiger charge is 2.08. The molecule has 0 amide bonds. The zero-order valence-electron chi connectivity index (χ0n) is 7.15. The van der Waals surface area contributed by atoms with Crippen LogP contribution in [0.25, 0.3) is 0 Å². The van der Waals surface area contributed by atoms with Crippen LogP contribution < -0.4 is 12.3 Å². The number of carbonyl (C=O) groups excluding carboxylic acids is 1. The van der Waals surface area contributed by atoms with Crippen LogP contribution >= 0.6 is 0 Å². The van der Waals surface area contributed by atoms with Crippen LogP contribution in [0.15, 0.2) is 0 Å². The summed E-state index contributed by atoms with van der Waals surface area (Å²) >= 11 is 0. The van der Waals surface area contributed by atoms with E-state index >= 15 is 0 Å². The molecular weight excluding hydrogens is 180 g/mol. The molecule has 0 fully saturated rings. The van der Waals surface area contributed by atoms with Gasteiger partial charge in [0.2, 0.25) is 0 Å². The fraction of sp³-hybridized carbons (Fsp3) is 0.500. The van der Waals surface area contributed by atoms with Crippen LogP contribution in [0.1, 0.15) is 19.3 Å². The van der Waals surface area contributed by atoms with Gasteiger partial charge in [0.15, 0.2) is 0 Å². The van der Waals surface area contributed by atoms with Gasteiger partial charge in [-0.2, -0.15) is 0 Å². The molecule has 0 unspecified atom stereocenters. The summed E-state index contributed by atoms with van der Waals surface area (Å²) in [6.07, 6.45) is -1.10. The van der Waals surface area contributed by atoms with Crippen LogP contribution in [0, 0.1) is 0 Å². The molecule has 78 valence electrons. The highest BCUT2D eigenvalue weighted by atomic mass is 16.4. The lowest BCUT2D eigenvalue weighted by Gasteiger charge is -1.92. The molecule has 0 radical (unpaired) electrons. The zero-order valence-corrected chi connectivity index (χ0v) is 7.15. The van der Waals surface area contributed by atoms with Gasteiger partial charge in [-0.05, 0) is 0 Å². The Labute approximate surface area is 74.9 Å². The van der Waals surface area contributed by atoms with E-state index in [-0.39, 0.29) is 25.1 Å². The topological polar surface area (TPSA) is 162 Å². The third kappa shape index (κ3) is 13.5. The average molecular weight is 194 g/mol. The molecule has 0 aromatic carbocycles. The van der Waals surface area contributed by atoms with Crippen LogP contribution in [0.5, 0.6) is 0 Å². The summed E-state index contributed by atoms with van der Waals surface area (Å²) < 4.78 is 0. The Bertz CT molecular complexity index is 191. The van der Waals surface area contributed by atoms with Gasteiger partial charge < -0.3 is 22.5 Å². The van der Waals surface area contributed by atoms with Gasteiger partial charge in [0, 0.05) is 6.42 Å². The number of carboxylic acids is 2. The Morgan fingerprint density at radius 2 is 1.31 bits per heavy atom. The predicted molar refractivity (Wildman–Crippen MR) is 44.2 cm³/mol. The van der Waals surface area contributed by atoms with E-state index in [9.17, 15) is 14.4 Å². The third-order valence-electron chi connectivity index (χ3n) is 0.966. The SMILES string of the molecule is N.N.O=C(O)CCC(=O)CC(=O)O. The monoisotopic (exact) mass is 194 g/mol. The van der Waals surface area contributed by atoms with Crippen molar-refractivity contribution >= 4 is 17.7 Å². The van der Waals surface area contributed by atoms with Gasteiger partial charge in [0.05, 0.1) is 6.42 Å². The molecule has 13 heavy (non-hydrogen) atoms. The predicted octanol–water partition coefficient (Wildman–Crippen LogP) is 0.219. The summed E-state index contributed by atoms with van der Waals surface area (Å²) in [6.45, 7) is 0. The summed E-state index contributed by atoms with van der Waals surface area (Å²) in [5.41, 5.74) is 0. The number of rotatable bonds is 5. The first-order chi connectivity index (χ1) is 5.02. The minimum atomic E-state index is -1.22. The smallest absolute Gasteiger partial charge is 0.310 e. The highest BCUT2D eigenvalue weighted by Crippen LogP contribution is 1.94. The maximum absolute atomic E-state index is 10.5. The van der Waals surface area contributed by atoms with Crippen molar-refractivity contribution in [1.29, 1.82) is 0 Å². The van der Waals surface area contributed by atoms with Gasteiger partial charge in [0.1, 0.15) is 12.2 Å². The first-order valence-corrected chi connectivity index (χ1v) is 2.97. The molecule has 0 bridgehead atoms. The molecule has 7 nitrogen and oxygen atoms in total. The quantitative estimate of drug-likeness (QED) is 0.454. The second kappa shape index (κ2) is 8.62. The van der Waals surface area contributed by atoms with Gasteiger partial charge in [0.25, 0.3) is 0 Å². The Morgan fingerprint density at radius 1 is 0.846 bits per heavy atom. The van der Waals surface area contributed by atoms with E-state index in [0.717, 1.165) is 0 Å². The molecule has 8 N–H and O–H groups in total. The lowest BCUT2D eigenvalue weighted by atomic mass is 10.2. The third-order valence-corrected chi connectivity index (χ3v) is 0.966. The lowest BCUT2D eigenvalue weighted by molar-refractivity contribution is -0.142. The van der Waals surface area contributed by atoms with Crippen molar-refractivity contribution in [2.24, 2.45) is 0 Å². The van der Waals surface area contributed by atoms with E-state index < -0.39 is 24.1 Å². The first kappa shape index (κ1) is 17.6. The van der Waals surface area contributed by atoms with Crippen molar-refractivity contribution in [3.8, 4) is 0 Å².